The number of rotatable bonds is 6. The molecule has 0 bridgehead atoms. The van der Waals surface area contributed by atoms with Crippen LogP contribution < -0.4 is 10.7 Å². The van der Waals surface area contributed by atoms with Crippen molar-refractivity contribution < 1.29 is 9.59 Å². The number of carbonyl (C=O) groups is 2. The maximum atomic E-state index is 11.9. The first-order chi connectivity index (χ1) is 11.9. The van der Waals surface area contributed by atoms with Crippen LogP contribution in [-0.2, 0) is 9.59 Å². The number of carbonyl (C=O) groups excluding carboxylic acids is 2. The number of amides is 2. The number of benzene rings is 2. The number of halogens is 1. The molecule has 0 aliphatic heterocycles. The van der Waals surface area contributed by atoms with Crippen molar-refractivity contribution >= 4 is 45.8 Å². The van der Waals surface area contributed by atoms with Gasteiger partial charge in [-0.2, -0.15) is 5.10 Å². The van der Waals surface area contributed by atoms with Crippen LogP contribution in [0, 0.1) is 10.5 Å². The number of nitrogens with one attached hydrogen (secondary N) is 2. The second-order valence-corrected chi connectivity index (χ2v) is 6.90. The molecule has 2 aromatic rings. The van der Waals surface area contributed by atoms with Gasteiger partial charge in [0.15, 0.2) is 0 Å². The Hall–Kier alpha value is -2.22. The van der Waals surface area contributed by atoms with E-state index in [1.807, 2.05) is 62.4 Å². The lowest BCUT2D eigenvalue weighted by atomic mass is 10.1. The highest BCUT2D eigenvalue weighted by Gasteiger charge is 2.07. The van der Waals surface area contributed by atoms with Gasteiger partial charge in [0.1, 0.15) is 0 Å². The third kappa shape index (κ3) is 6.66. The van der Waals surface area contributed by atoms with Crippen LogP contribution in [0.15, 0.2) is 53.6 Å². The first-order valence-corrected chi connectivity index (χ1v) is 8.97. The molecule has 2 N–H and O–H groups in total. The van der Waals surface area contributed by atoms with Gasteiger partial charge in [-0.15, -0.1) is 0 Å². The molecule has 0 saturated heterocycles. The first-order valence-electron chi connectivity index (χ1n) is 7.89. The van der Waals surface area contributed by atoms with E-state index in [4.69, 9.17) is 0 Å². The Morgan fingerprint density at radius 2 is 1.56 bits per heavy atom. The van der Waals surface area contributed by atoms with Crippen LogP contribution in [0.25, 0.3) is 0 Å². The quantitative estimate of drug-likeness (QED) is 0.400. The SMILES string of the molecule is C/C(=N\NC(=O)CCC(=O)Nc1ccc(I)cc1)c1ccc(C)cc1. The van der Waals surface area contributed by atoms with E-state index in [1.165, 1.54) is 5.56 Å². The van der Waals surface area contributed by atoms with E-state index in [9.17, 15) is 9.59 Å². The molecule has 130 valence electrons. The van der Waals surface area contributed by atoms with Crippen LogP contribution in [0.5, 0.6) is 0 Å². The molecule has 6 heteroatoms. The molecule has 2 aromatic carbocycles. The summed E-state index contributed by atoms with van der Waals surface area (Å²) in [5, 5.41) is 6.84. The van der Waals surface area contributed by atoms with Crippen molar-refractivity contribution in [2.45, 2.75) is 26.7 Å². The molecule has 0 aromatic heterocycles. The average Bonchev–Trinajstić information content (AvgIpc) is 2.60. The van der Waals surface area contributed by atoms with E-state index >= 15 is 0 Å². The predicted octanol–water partition coefficient (Wildman–Crippen LogP) is 3.86. The number of anilines is 1. The highest BCUT2D eigenvalue weighted by atomic mass is 127. The molecule has 0 aliphatic carbocycles. The summed E-state index contributed by atoms with van der Waals surface area (Å²) in [6.07, 6.45) is 0.192. The first kappa shape index (κ1) is 19.1. The molecule has 0 fully saturated rings. The van der Waals surface area contributed by atoms with Crippen molar-refractivity contribution in [1.82, 2.24) is 5.43 Å². The van der Waals surface area contributed by atoms with Crippen molar-refractivity contribution in [2.24, 2.45) is 5.10 Å². The maximum absolute atomic E-state index is 11.9. The highest BCUT2D eigenvalue weighted by Crippen LogP contribution is 2.11. The van der Waals surface area contributed by atoms with E-state index in [-0.39, 0.29) is 24.7 Å². The van der Waals surface area contributed by atoms with E-state index < -0.39 is 0 Å². The molecule has 0 aliphatic rings. The molecule has 0 saturated carbocycles. The number of nitrogens with zero attached hydrogens (tertiary/aromatic N) is 1. The lowest BCUT2D eigenvalue weighted by Gasteiger charge is -2.05. The Kier molecular flexibility index (Phi) is 7.12. The maximum Gasteiger partial charge on any atom is 0.240 e. The zero-order chi connectivity index (χ0) is 18.2. The van der Waals surface area contributed by atoms with Crippen LogP contribution in [0.2, 0.25) is 0 Å². The van der Waals surface area contributed by atoms with Gasteiger partial charge in [0.2, 0.25) is 11.8 Å². The summed E-state index contributed by atoms with van der Waals surface area (Å²) in [6.45, 7) is 3.84. The fourth-order valence-corrected chi connectivity index (χ4v) is 2.40. The molecule has 2 rings (SSSR count). The monoisotopic (exact) mass is 449 g/mol. The molecule has 25 heavy (non-hydrogen) atoms. The minimum atomic E-state index is -0.288. The molecule has 0 radical (unpaired) electrons. The molecule has 0 unspecified atom stereocenters. The predicted molar refractivity (Wildman–Crippen MR) is 109 cm³/mol. The fourth-order valence-electron chi connectivity index (χ4n) is 2.05. The van der Waals surface area contributed by atoms with Crippen LogP contribution in [0.4, 0.5) is 5.69 Å². The molecule has 2 amide bonds. The molecular formula is C19H20IN3O2. The topological polar surface area (TPSA) is 70.6 Å². The highest BCUT2D eigenvalue weighted by molar-refractivity contribution is 14.1. The molecule has 0 heterocycles. The molecular weight excluding hydrogens is 429 g/mol. The van der Waals surface area contributed by atoms with Gasteiger partial charge in [-0.1, -0.05) is 29.8 Å². The van der Waals surface area contributed by atoms with Gasteiger partial charge < -0.3 is 5.32 Å². The summed E-state index contributed by atoms with van der Waals surface area (Å²) in [7, 11) is 0. The Labute approximate surface area is 161 Å². The van der Waals surface area contributed by atoms with Gasteiger partial charge in [-0.3, -0.25) is 9.59 Å². The van der Waals surface area contributed by atoms with Crippen molar-refractivity contribution in [3.8, 4) is 0 Å². The van der Waals surface area contributed by atoms with E-state index in [1.54, 1.807) is 0 Å². The Balaban J connectivity index is 1.77. The summed E-state index contributed by atoms with van der Waals surface area (Å²) in [4.78, 5) is 23.7. The molecule has 0 atom stereocenters. The minimum absolute atomic E-state index is 0.0842. The third-order valence-electron chi connectivity index (χ3n) is 3.52. The Bertz CT molecular complexity index is 768. The van der Waals surface area contributed by atoms with Gasteiger partial charge in [-0.05, 0) is 66.3 Å². The Morgan fingerprint density at radius 1 is 0.960 bits per heavy atom. The standard InChI is InChI=1S/C19H20IN3O2/c1-13-3-5-15(6-4-13)14(2)22-23-19(25)12-11-18(24)21-17-9-7-16(20)8-10-17/h3-10H,11-12H2,1-2H3,(H,21,24)(H,23,25)/b22-14+. The van der Waals surface area contributed by atoms with Gasteiger partial charge in [0.05, 0.1) is 5.71 Å². The van der Waals surface area contributed by atoms with Gasteiger partial charge >= 0.3 is 0 Å². The van der Waals surface area contributed by atoms with Crippen molar-refractivity contribution in [1.29, 1.82) is 0 Å². The summed E-state index contributed by atoms with van der Waals surface area (Å²) in [5.41, 5.74) is 6.04. The summed E-state index contributed by atoms with van der Waals surface area (Å²) >= 11 is 2.20. The van der Waals surface area contributed by atoms with Crippen LogP contribution >= 0.6 is 22.6 Å². The third-order valence-corrected chi connectivity index (χ3v) is 4.24. The summed E-state index contributed by atoms with van der Waals surface area (Å²) in [6, 6.07) is 15.4. The lowest BCUT2D eigenvalue weighted by Crippen LogP contribution is -2.21. The van der Waals surface area contributed by atoms with Gasteiger partial charge in [0, 0.05) is 22.1 Å². The Morgan fingerprint density at radius 3 is 2.20 bits per heavy atom. The van der Waals surface area contributed by atoms with Crippen molar-refractivity contribution in [2.75, 3.05) is 5.32 Å². The second kappa shape index (κ2) is 9.31. The van der Waals surface area contributed by atoms with Crippen molar-refractivity contribution in [3.05, 3.63) is 63.2 Å². The number of aryl methyl sites for hydroxylation is 1. The summed E-state index contributed by atoms with van der Waals surface area (Å²) < 4.78 is 1.09. The smallest absolute Gasteiger partial charge is 0.240 e. The minimum Gasteiger partial charge on any atom is -0.326 e. The van der Waals surface area contributed by atoms with E-state index in [2.05, 4.69) is 38.4 Å². The zero-order valence-electron chi connectivity index (χ0n) is 14.2. The van der Waals surface area contributed by atoms with Crippen LogP contribution in [0.1, 0.15) is 30.9 Å². The normalized spacial score (nSPS) is 11.1. The molecule has 5 nitrogen and oxygen atoms in total. The van der Waals surface area contributed by atoms with Crippen LogP contribution in [-0.4, -0.2) is 17.5 Å². The van der Waals surface area contributed by atoms with E-state index in [0.29, 0.717) is 0 Å². The van der Waals surface area contributed by atoms with Gasteiger partial charge in [0.25, 0.3) is 0 Å². The van der Waals surface area contributed by atoms with Crippen LogP contribution in [0.3, 0.4) is 0 Å². The fraction of sp³-hybridized carbons (Fsp3) is 0.211. The van der Waals surface area contributed by atoms with E-state index in [0.717, 1.165) is 20.5 Å². The number of hydrogen-bond acceptors (Lipinski definition) is 3. The number of hydrogen-bond donors (Lipinski definition) is 2. The average molecular weight is 449 g/mol. The summed E-state index contributed by atoms with van der Waals surface area (Å²) in [5.74, 6) is -0.486. The zero-order valence-corrected chi connectivity index (χ0v) is 16.3. The van der Waals surface area contributed by atoms with Crippen molar-refractivity contribution in [3.63, 3.8) is 0 Å². The van der Waals surface area contributed by atoms with Gasteiger partial charge in [-0.25, -0.2) is 5.43 Å². The molecule has 0 spiro atoms. The second-order valence-electron chi connectivity index (χ2n) is 5.65. The lowest BCUT2D eigenvalue weighted by molar-refractivity contribution is -0.124. The largest absolute Gasteiger partial charge is 0.326 e. The number of hydrazone groups is 1.